The average molecular weight is 498 g/mol. The molecule has 3 saturated heterocycles. The van der Waals surface area contributed by atoms with Crippen LogP contribution in [0.3, 0.4) is 0 Å². The fourth-order valence-electron chi connectivity index (χ4n) is 4.01. The summed E-state index contributed by atoms with van der Waals surface area (Å²) in [5.41, 5.74) is 0.549. The summed E-state index contributed by atoms with van der Waals surface area (Å²) in [6.45, 7) is -0.897. The van der Waals surface area contributed by atoms with Crippen LogP contribution in [0.1, 0.15) is 25.3 Å². The standard InChI is InChI=1S/C21H21F2N3O5S2/c1-21-7-6-16(27)26(21)14(11-32-21)17(28)24-8-9-25-18(29)15(33-20(25)30)10-12-2-4-13(5-3-12)31-19(22)23/h2-5,10,14,19H,6-9,11H2,1H3,(H,24,28)/b15-10-/t14-,21-/m0/s1. The predicted octanol–water partition coefficient (Wildman–Crippen LogP) is 2.89. The van der Waals surface area contributed by atoms with Gasteiger partial charge in [-0.2, -0.15) is 8.78 Å². The number of amides is 4. The minimum Gasteiger partial charge on any atom is -0.435 e. The van der Waals surface area contributed by atoms with E-state index in [1.54, 1.807) is 16.7 Å². The number of benzene rings is 1. The molecule has 0 aromatic heterocycles. The fourth-order valence-corrected chi connectivity index (χ4v) is 6.31. The Morgan fingerprint density at radius 1 is 1.30 bits per heavy atom. The first-order valence-corrected chi connectivity index (χ1v) is 12.0. The molecule has 0 saturated carbocycles. The van der Waals surface area contributed by atoms with Gasteiger partial charge in [-0.25, -0.2) is 0 Å². The molecule has 176 valence electrons. The summed E-state index contributed by atoms with van der Waals surface area (Å²) in [5, 5.41) is 2.27. The number of carbonyl (C=O) groups excluding carboxylic acids is 4. The van der Waals surface area contributed by atoms with Gasteiger partial charge in [0, 0.05) is 25.3 Å². The van der Waals surface area contributed by atoms with Gasteiger partial charge in [-0.1, -0.05) is 12.1 Å². The van der Waals surface area contributed by atoms with Gasteiger partial charge < -0.3 is 15.0 Å². The molecular formula is C21H21F2N3O5S2. The Kier molecular flexibility index (Phi) is 6.66. The van der Waals surface area contributed by atoms with Crippen molar-refractivity contribution in [3.63, 3.8) is 0 Å². The topological polar surface area (TPSA) is 96.0 Å². The van der Waals surface area contributed by atoms with E-state index in [9.17, 15) is 28.0 Å². The van der Waals surface area contributed by atoms with Gasteiger partial charge in [0.25, 0.3) is 11.1 Å². The number of thioether (sulfide) groups is 2. The second-order valence-electron chi connectivity index (χ2n) is 7.84. The van der Waals surface area contributed by atoms with Gasteiger partial charge in [0.2, 0.25) is 11.8 Å². The average Bonchev–Trinajstić information content (AvgIpc) is 3.35. The summed E-state index contributed by atoms with van der Waals surface area (Å²) >= 11 is 2.36. The van der Waals surface area contributed by atoms with E-state index in [4.69, 9.17) is 0 Å². The van der Waals surface area contributed by atoms with Crippen LogP contribution < -0.4 is 10.1 Å². The number of halogens is 2. The molecule has 0 radical (unpaired) electrons. The molecule has 0 spiro atoms. The van der Waals surface area contributed by atoms with E-state index >= 15 is 0 Å². The van der Waals surface area contributed by atoms with Crippen molar-refractivity contribution in [2.24, 2.45) is 0 Å². The molecule has 1 aromatic rings. The highest BCUT2D eigenvalue weighted by atomic mass is 32.2. The second kappa shape index (κ2) is 9.34. The van der Waals surface area contributed by atoms with Gasteiger partial charge in [-0.05, 0) is 48.9 Å². The van der Waals surface area contributed by atoms with Crippen molar-refractivity contribution in [1.29, 1.82) is 0 Å². The number of imide groups is 1. The molecule has 0 unspecified atom stereocenters. The first kappa shape index (κ1) is 23.6. The van der Waals surface area contributed by atoms with Crippen LogP contribution in [-0.4, -0.2) is 69.1 Å². The molecule has 3 heterocycles. The molecule has 12 heteroatoms. The van der Waals surface area contributed by atoms with Crippen LogP contribution in [0.4, 0.5) is 13.6 Å². The van der Waals surface area contributed by atoms with Crippen molar-refractivity contribution in [2.75, 3.05) is 18.8 Å². The lowest BCUT2D eigenvalue weighted by molar-refractivity contribution is -0.137. The summed E-state index contributed by atoms with van der Waals surface area (Å²) < 4.78 is 28.8. The van der Waals surface area contributed by atoms with Crippen LogP contribution in [0.2, 0.25) is 0 Å². The molecule has 1 aromatic carbocycles. The van der Waals surface area contributed by atoms with Gasteiger partial charge in [0.15, 0.2) is 0 Å². The van der Waals surface area contributed by atoms with Gasteiger partial charge in [0.05, 0.1) is 9.78 Å². The van der Waals surface area contributed by atoms with Crippen molar-refractivity contribution in [3.05, 3.63) is 34.7 Å². The molecule has 3 aliphatic rings. The summed E-state index contributed by atoms with van der Waals surface area (Å²) in [7, 11) is 0. The highest BCUT2D eigenvalue weighted by Gasteiger charge is 2.52. The zero-order valence-electron chi connectivity index (χ0n) is 17.6. The Bertz CT molecular complexity index is 1020. The number of alkyl halides is 2. The molecule has 3 aliphatic heterocycles. The van der Waals surface area contributed by atoms with E-state index in [1.807, 2.05) is 6.92 Å². The van der Waals surface area contributed by atoms with E-state index in [0.29, 0.717) is 24.2 Å². The number of nitrogens with zero attached hydrogens (tertiary/aromatic N) is 2. The van der Waals surface area contributed by atoms with Crippen LogP contribution >= 0.6 is 23.5 Å². The molecule has 33 heavy (non-hydrogen) atoms. The lowest BCUT2D eigenvalue weighted by Crippen LogP contribution is -2.51. The number of ether oxygens (including phenoxy) is 1. The molecule has 3 fully saturated rings. The predicted molar refractivity (Wildman–Crippen MR) is 119 cm³/mol. The minimum atomic E-state index is -2.93. The van der Waals surface area contributed by atoms with Crippen molar-refractivity contribution >= 4 is 52.6 Å². The number of hydrogen-bond acceptors (Lipinski definition) is 7. The number of fused-ring (bicyclic) bond motifs is 1. The zero-order valence-corrected chi connectivity index (χ0v) is 19.2. The molecule has 2 atom stereocenters. The van der Waals surface area contributed by atoms with Crippen LogP contribution in [0.25, 0.3) is 6.08 Å². The number of nitrogens with one attached hydrogen (secondary N) is 1. The van der Waals surface area contributed by atoms with E-state index < -0.39 is 23.8 Å². The lowest BCUT2D eigenvalue weighted by atomic mass is 10.2. The Hall–Kier alpha value is -2.60. The number of rotatable bonds is 7. The maximum absolute atomic E-state index is 12.6. The maximum Gasteiger partial charge on any atom is 0.387 e. The molecule has 4 amide bonds. The SMILES string of the molecule is C[C@]12CCC(=O)N1[C@H](C(=O)NCCN1C(=O)S/C(=C\c3ccc(OC(F)F)cc3)C1=O)CS2. The second-order valence-corrected chi connectivity index (χ2v) is 10.3. The van der Waals surface area contributed by atoms with Crippen molar-refractivity contribution < 1.29 is 32.7 Å². The summed E-state index contributed by atoms with van der Waals surface area (Å²) in [5.74, 6) is -0.324. The first-order valence-electron chi connectivity index (χ1n) is 10.2. The third kappa shape index (κ3) is 4.86. The van der Waals surface area contributed by atoms with Crippen molar-refractivity contribution in [2.45, 2.75) is 37.3 Å². The van der Waals surface area contributed by atoms with E-state index in [1.165, 1.54) is 30.3 Å². The zero-order chi connectivity index (χ0) is 23.8. The third-order valence-electron chi connectivity index (χ3n) is 5.66. The van der Waals surface area contributed by atoms with E-state index in [-0.39, 0.29) is 40.4 Å². The Balaban J connectivity index is 1.32. The summed E-state index contributed by atoms with van der Waals surface area (Å²) in [6, 6.07) is 5.13. The van der Waals surface area contributed by atoms with Gasteiger partial charge in [-0.15, -0.1) is 11.8 Å². The molecule has 1 N–H and O–H groups in total. The molecular weight excluding hydrogens is 476 g/mol. The fraction of sp³-hybridized carbons (Fsp3) is 0.429. The Labute approximate surface area is 197 Å². The normalized spacial score (nSPS) is 26.0. The number of hydrogen-bond donors (Lipinski definition) is 1. The van der Waals surface area contributed by atoms with Crippen LogP contribution in [0, 0.1) is 0 Å². The van der Waals surface area contributed by atoms with Gasteiger partial charge in [-0.3, -0.25) is 24.1 Å². The van der Waals surface area contributed by atoms with E-state index in [2.05, 4.69) is 10.1 Å². The quantitative estimate of drug-likeness (QED) is 0.579. The molecule has 0 bridgehead atoms. The smallest absolute Gasteiger partial charge is 0.387 e. The molecule has 4 rings (SSSR count). The van der Waals surface area contributed by atoms with Crippen LogP contribution in [0.5, 0.6) is 5.75 Å². The Morgan fingerprint density at radius 3 is 2.73 bits per heavy atom. The minimum absolute atomic E-state index is 0.00000985. The highest BCUT2D eigenvalue weighted by molar-refractivity contribution is 8.18. The Morgan fingerprint density at radius 2 is 2.03 bits per heavy atom. The van der Waals surface area contributed by atoms with Crippen molar-refractivity contribution in [1.82, 2.24) is 15.1 Å². The van der Waals surface area contributed by atoms with Gasteiger partial charge in [0.1, 0.15) is 11.8 Å². The van der Waals surface area contributed by atoms with Gasteiger partial charge >= 0.3 is 6.61 Å². The van der Waals surface area contributed by atoms with Crippen molar-refractivity contribution in [3.8, 4) is 5.75 Å². The molecule has 8 nitrogen and oxygen atoms in total. The number of carbonyl (C=O) groups is 4. The lowest BCUT2D eigenvalue weighted by Gasteiger charge is -2.29. The third-order valence-corrected chi connectivity index (χ3v) is 8.07. The summed E-state index contributed by atoms with van der Waals surface area (Å²) in [6.07, 6.45) is 2.63. The van der Waals surface area contributed by atoms with Crippen LogP contribution in [-0.2, 0) is 14.4 Å². The summed E-state index contributed by atoms with van der Waals surface area (Å²) in [4.78, 5) is 52.3. The largest absolute Gasteiger partial charge is 0.435 e. The monoisotopic (exact) mass is 497 g/mol. The first-order chi connectivity index (χ1) is 15.7. The highest BCUT2D eigenvalue weighted by Crippen LogP contribution is 2.47. The maximum atomic E-state index is 12.6. The molecule has 0 aliphatic carbocycles. The van der Waals surface area contributed by atoms with E-state index in [0.717, 1.165) is 16.7 Å². The van der Waals surface area contributed by atoms with Crippen LogP contribution in [0.15, 0.2) is 29.2 Å².